The van der Waals surface area contributed by atoms with Crippen molar-refractivity contribution in [2.45, 2.75) is 0 Å². The summed E-state index contributed by atoms with van der Waals surface area (Å²) in [6.07, 6.45) is 1.40. The molecule has 2 aromatic rings. The normalized spacial score (nSPS) is 14.9. The van der Waals surface area contributed by atoms with Crippen LogP contribution in [0.1, 0.15) is 5.56 Å². The maximum atomic E-state index is 11.8. The number of pyridine rings is 1. The number of hydrogen-bond acceptors (Lipinski definition) is 4. The zero-order valence-electron chi connectivity index (χ0n) is 10.5. The third-order valence-electron chi connectivity index (χ3n) is 2.95. The number of nitrogens with zero attached hydrogens (tertiary/aromatic N) is 1. The average Bonchev–Trinajstić information content (AvgIpc) is 2.43. The number of hydrogen-bond donors (Lipinski definition) is 2. The third-order valence-corrected chi connectivity index (χ3v) is 3.45. The van der Waals surface area contributed by atoms with E-state index < -0.39 is 11.8 Å². The topological polar surface area (TPSA) is 71.1 Å². The standard InChI is InChI=1S/C14H8ClN3O2S/c15-11-8(5-7-3-1-2-4-10(7)16-11)6-9-12(19)17-14(21)18-13(9)20/h1-6H,(H2,17,18,19,20,21). The molecule has 7 heteroatoms. The lowest BCUT2D eigenvalue weighted by atomic mass is 10.1. The Morgan fingerprint density at radius 3 is 2.52 bits per heavy atom. The summed E-state index contributed by atoms with van der Waals surface area (Å²) in [6.45, 7) is 0. The van der Waals surface area contributed by atoms with Crippen molar-refractivity contribution in [1.82, 2.24) is 15.6 Å². The van der Waals surface area contributed by atoms with Crippen molar-refractivity contribution in [1.29, 1.82) is 0 Å². The maximum Gasteiger partial charge on any atom is 0.263 e. The Hall–Kier alpha value is -2.31. The molecule has 0 saturated carbocycles. The summed E-state index contributed by atoms with van der Waals surface area (Å²) >= 11 is 10.8. The van der Waals surface area contributed by atoms with Crippen LogP contribution < -0.4 is 10.6 Å². The smallest absolute Gasteiger partial charge is 0.263 e. The summed E-state index contributed by atoms with van der Waals surface area (Å²) in [5.74, 6) is -1.12. The zero-order valence-corrected chi connectivity index (χ0v) is 12.1. The van der Waals surface area contributed by atoms with Crippen LogP contribution in [0, 0.1) is 0 Å². The van der Waals surface area contributed by atoms with Gasteiger partial charge in [0.2, 0.25) is 0 Å². The minimum atomic E-state index is -0.562. The van der Waals surface area contributed by atoms with E-state index in [1.165, 1.54) is 6.08 Å². The van der Waals surface area contributed by atoms with Crippen LogP contribution >= 0.6 is 23.8 Å². The highest BCUT2D eigenvalue weighted by Gasteiger charge is 2.26. The van der Waals surface area contributed by atoms with E-state index in [-0.39, 0.29) is 15.8 Å². The molecule has 2 amide bonds. The fourth-order valence-corrected chi connectivity index (χ4v) is 2.36. The van der Waals surface area contributed by atoms with Crippen molar-refractivity contribution in [3.05, 3.63) is 46.6 Å². The van der Waals surface area contributed by atoms with E-state index >= 15 is 0 Å². The van der Waals surface area contributed by atoms with Gasteiger partial charge in [-0.05, 0) is 30.4 Å². The summed E-state index contributed by atoms with van der Waals surface area (Å²) in [5.41, 5.74) is 1.16. The van der Waals surface area contributed by atoms with E-state index in [1.54, 1.807) is 6.07 Å². The number of fused-ring (bicyclic) bond motifs is 1. The van der Waals surface area contributed by atoms with Gasteiger partial charge in [0, 0.05) is 10.9 Å². The van der Waals surface area contributed by atoms with Crippen molar-refractivity contribution in [3.63, 3.8) is 0 Å². The van der Waals surface area contributed by atoms with Crippen LogP contribution in [0.25, 0.3) is 17.0 Å². The minimum absolute atomic E-state index is 0.00937. The molecule has 0 aliphatic carbocycles. The molecule has 0 spiro atoms. The van der Waals surface area contributed by atoms with Gasteiger partial charge < -0.3 is 0 Å². The lowest BCUT2D eigenvalue weighted by Gasteiger charge is -2.16. The van der Waals surface area contributed by atoms with Gasteiger partial charge in [0.05, 0.1) is 5.52 Å². The molecule has 0 bridgehead atoms. The Bertz CT molecular complexity index is 810. The Morgan fingerprint density at radius 1 is 1.14 bits per heavy atom. The van der Waals surface area contributed by atoms with Crippen molar-refractivity contribution in [2.75, 3.05) is 0 Å². The fraction of sp³-hybridized carbons (Fsp3) is 0. The van der Waals surface area contributed by atoms with E-state index in [4.69, 9.17) is 23.8 Å². The maximum absolute atomic E-state index is 11.8. The van der Waals surface area contributed by atoms with Crippen molar-refractivity contribution in [2.24, 2.45) is 0 Å². The molecule has 0 radical (unpaired) electrons. The number of rotatable bonds is 1. The molecule has 21 heavy (non-hydrogen) atoms. The van der Waals surface area contributed by atoms with Gasteiger partial charge >= 0.3 is 0 Å². The van der Waals surface area contributed by atoms with Gasteiger partial charge in [-0.2, -0.15) is 0 Å². The van der Waals surface area contributed by atoms with E-state index in [2.05, 4.69) is 15.6 Å². The first kappa shape index (κ1) is 13.7. The van der Waals surface area contributed by atoms with Crippen LogP contribution in [0.4, 0.5) is 0 Å². The molecule has 0 unspecified atom stereocenters. The molecule has 1 aromatic carbocycles. The predicted octanol–water partition coefficient (Wildman–Crippen LogP) is 1.80. The number of carbonyl (C=O) groups is 2. The molecule has 1 saturated heterocycles. The monoisotopic (exact) mass is 317 g/mol. The van der Waals surface area contributed by atoms with Gasteiger partial charge in [0.25, 0.3) is 11.8 Å². The molecular weight excluding hydrogens is 310 g/mol. The predicted molar refractivity (Wildman–Crippen MR) is 83.6 cm³/mol. The molecule has 1 aliphatic heterocycles. The first-order valence-corrected chi connectivity index (χ1v) is 6.77. The number of benzene rings is 1. The third kappa shape index (κ3) is 2.63. The molecule has 3 rings (SSSR count). The summed E-state index contributed by atoms with van der Waals surface area (Å²) in [7, 11) is 0. The van der Waals surface area contributed by atoms with Gasteiger partial charge in [-0.3, -0.25) is 20.2 Å². The van der Waals surface area contributed by atoms with E-state index in [9.17, 15) is 9.59 Å². The number of amides is 2. The lowest BCUT2D eigenvalue weighted by Crippen LogP contribution is -2.51. The van der Waals surface area contributed by atoms with Crippen LogP contribution in [0.2, 0.25) is 5.15 Å². The molecule has 104 valence electrons. The lowest BCUT2D eigenvalue weighted by molar-refractivity contribution is -0.123. The van der Waals surface area contributed by atoms with Crippen LogP contribution in [-0.2, 0) is 9.59 Å². The second-order valence-electron chi connectivity index (χ2n) is 4.36. The Balaban J connectivity index is 2.10. The second kappa shape index (κ2) is 5.23. The molecule has 0 atom stereocenters. The quantitative estimate of drug-likeness (QED) is 0.364. The summed E-state index contributed by atoms with van der Waals surface area (Å²) in [6, 6.07) is 9.19. The van der Waals surface area contributed by atoms with Crippen molar-refractivity contribution >= 4 is 57.7 Å². The number of halogens is 1. The summed E-state index contributed by atoms with van der Waals surface area (Å²) in [4.78, 5) is 27.8. The molecule has 1 aromatic heterocycles. The molecule has 2 heterocycles. The van der Waals surface area contributed by atoms with Gasteiger partial charge in [-0.1, -0.05) is 29.8 Å². The SMILES string of the molecule is O=C1NC(=S)NC(=O)C1=Cc1cc2ccccc2nc1Cl. The van der Waals surface area contributed by atoms with Crippen molar-refractivity contribution < 1.29 is 9.59 Å². The first-order chi connectivity index (χ1) is 10.0. The molecule has 1 aliphatic rings. The number of thiocarbonyl (C=S) groups is 1. The largest absolute Gasteiger partial charge is 0.299 e. The van der Waals surface area contributed by atoms with Gasteiger partial charge in [-0.15, -0.1) is 0 Å². The highest BCUT2D eigenvalue weighted by Crippen LogP contribution is 2.23. The van der Waals surface area contributed by atoms with Crippen LogP contribution in [0.5, 0.6) is 0 Å². The summed E-state index contributed by atoms with van der Waals surface area (Å²) < 4.78 is 0. The fourth-order valence-electron chi connectivity index (χ4n) is 1.97. The van der Waals surface area contributed by atoms with E-state index in [0.717, 1.165) is 10.9 Å². The highest BCUT2D eigenvalue weighted by atomic mass is 35.5. The number of para-hydroxylation sites is 1. The Labute approximate surface area is 130 Å². The number of aromatic nitrogens is 1. The molecule has 2 N–H and O–H groups in total. The first-order valence-electron chi connectivity index (χ1n) is 5.98. The summed E-state index contributed by atoms with van der Waals surface area (Å²) in [5, 5.41) is 5.80. The van der Waals surface area contributed by atoms with Crippen molar-refractivity contribution in [3.8, 4) is 0 Å². The highest BCUT2D eigenvalue weighted by molar-refractivity contribution is 7.80. The second-order valence-corrected chi connectivity index (χ2v) is 5.12. The van der Waals surface area contributed by atoms with Gasteiger partial charge in [-0.25, -0.2) is 4.98 Å². The van der Waals surface area contributed by atoms with Crippen LogP contribution in [-0.4, -0.2) is 21.9 Å². The average molecular weight is 318 g/mol. The van der Waals surface area contributed by atoms with Crippen LogP contribution in [0.3, 0.4) is 0 Å². The Morgan fingerprint density at radius 2 is 1.81 bits per heavy atom. The Kier molecular flexibility index (Phi) is 3.40. The number of carbonyl (C=O) groups excluding carboxylic acids is 2. The molecule has 5 nitrogen and oxygen atoms in total. The van der Waals surface area contributed by atoms with Gasteiger partial charge in [0.1, 0.15) is 10.7 Å². The zero-order chi connectivity index (χ0) is 15.0. The van der Waals surface area contributed by atoms with Crippen LogP contribution in [0.15, 0.2) is 35.9 Å². The van der Waals surface area contributed by atoms with E-state index in [0.29, 0.717) is 5.56 Å². The molecular formula is C14H8ClN3O2S. The number of nitrogens with one attached hydrogen (secondary N) is 2. The van der Waals surface area contributed by atoms with Gasteiger partial charge in [0.15, 0.2) is 5.11 Å². The van der Waals surface area contributed by atoms with E-state index in [1.807, 2.05) is 24.3 Å². The molecule has 1 fully saturated rings. The minimum Gasteiger partial charge on any atom is -0.299 e.